The van der Waals surface area contributed by atoms with Crippen LogP contribution in [-0.2, 0) is 18.7 Å². The molecule has 0 amide bonds. The Balaban J connectivity index is 2.96. The van der Waals surface area contributed by atoms with Crippen molar-refractivity contribution in [1.29, 1.82) is 0 Å². The molecule has 0 aromatic rings. The third kappa shape index (κ3) is 6.28. The maximum Gasteiger partial charge on any atom is 0.308 e. The van der Waals surface area contributed by atoms with Crippen LogP contribution in [0.4, 0.5) is 0 Å². The maximum absolute atomic E-state index is 11.9. The third-order valence-corrected chi connectivity index (χ3v) is 9.64. The minimum absolute atomic E-state index is 0.0116. The van der Waals surface area contributed by atoms with Crippen LogP contribution in [0.2, 0.25) is 18.1 Å². The van der Waals surface area contributed by atoms with E-state index in [-0.39, 0.29) is 29.4 Å². The molecular weight excluding hydrogens is 405 g/mol. The van der Waals surface area contributed by atoms with E-state index >= 15 is 0 Å². The summed E-state index contributed by atoms with van der Waals surface area (Å²) in [6.45, 7) is 14.7. The van der Waals surface area contributed by atoms with E-state index in [1.54, 1.807) is 6.92 Å². The van der Waals surface area contributed by atoms with Gasteiger partial charge in [-0.05, 0) is 32.0 Å². The van der Waals surface area contributed by atoms with Gasteiger partial charge < -0.3 is 13.9 Å². The molecule has 0 aliphatic carbocycles. The number of aliphatic imine (C=N–C) groups is 1. The van der Waals surface area contributed by atoms with E-state index in [4.69, 9.17) is 48.7 Å². The van der Waals surface area contributed by atoms with Gasteiger partial charge in [0.05, 0.1) is 19.1 Å². The molecule has 1 aliphatic heterocycles. The molecule has 0 fully saturated rings. The molecule has 3 atom stereocenters. The van der Waals surface area contributed by atoms with Crippen molar-refractivity contribution in [2.75, 3.05) is 6.61 Å². The zero-order chi connectivity index (χ0) is 19.6. The summed E-state index contributed by atoms with van der Waals surface area (Å²) in [7, 11) is -2.03. The Labute approximate surface area is 166 Å². The van der Waals surface area contributed by atoms with Gasteiger partial charge >= 0.3 is 5.97 Å². The van der Waals surface area contributed by atoms with Gasteiger partial charge in [0.15, 0.2) is 8.32 Å². The van der Waals surface area contributed by atoms with Crippen molar-refractivity contribution in [2.45, 2.75) is 81.2 Å². The SMILES string of the molecule is CCOC(=O)C[C@@H]1N=C(C(Cl)(Cl)Cl)O[C@@H]1C(C)O[Si](C)(C)C(C)(C)C. The minimum atomic E-state index is -2.03. The first kappa shape index (κ1) is 23.0. The predicted molar refractivity (Wildman–Crippen MR) is 105 cm³/mol. The summed E-state index contributed by atoms with van der Waals surface area (Å²) in [5.74, 6) is -0.377. The van der Waals surface area contributed by atoms with Crippen molar-refractivity contribution in [2.24, 2.45) is 4.99 Å². The molecule has 0 saturated carbocycles. The van der Waals surface area contributed by atoms with Gasteiger partial charge in [-0.3, -0.25) is 4.79 Å². The van der Waals surface area contributed by atoms with Crippen LogP contribution in [0.15, 0.2) is 4.99 Å². The summed E-state index contributed by atoms with van der Waals surface area (Å²) in [4.78, 5) is 16.2. The smallest absolute Gasteiger partial charge is 0.308 e. The standard InChI is InChI=1S/C16H28Cl3NO4Si/c1-8-22-12(21)9-11-13(23-14(20-11)16(17,18)19)10(2)24-25(6,7)15(3,4)5/h10-11,13H,8-9H2,1-7H3/t10?,11-,13+/m0/s1. The van der Waals surface area contributed by atoms with E-state index < -0.39 is 24.3 Å². The van der Waals surface area contributed by atoms with Gasteiger partial charge in [-0.2, -0.15) is 0 Å². The zero-order valence-electron chi connectivity index (χ0n) is 15.9. The van der Waals surface area contributed by atoms with Gasteiger partial charge in [-0.15, -0.1) is 0 Å². The topological polar surface area (TPSA) is 57.1 Å². The molecule has 25 heavy (non-hydrogen) atoms. The number of esters is 1. The fourth-order valence-electron chi connectivity index (χ4n) is 2.27. The molecule has 0 radical (unpaired) electrons. The summed E-state index contributed by atoms with van der Waals surface area (Å²) in [5, 5.41) is 0.0371. The second-order valence-electron chi connectivity index (χ2n) is 7.67. The van der Waals surface area contributed by atoms with Gasteiger partial charge in [0, 0.05) is 0 Å². The average molecular weight is 433 g/mol. The van der Waals surface area contributed by atoms with E-state index in [0.717, 1.165) is 0 Å². The Morgan fingerprint density at radius 1 is 1.32 bits per heavy atom. The van der Waals surface area contributed by atoms with Crippen LogP contribution in [0.1, 0.15) is 41.0 Å². The van der Waals surface area contributed by atoms with Crippen molar-refractivity contribution >= 4 is 55.0 Å². The van der Waals surface area contributed by atoms with Crippen molar-refractivity contribution in [1.82, 2.24) is 0 Å². The third-order valence-electron chi connectivity index (χ3n) is 4.58. The lowest BCUT2D eigenvalue weighted by molar-refractivity contribution is -0.144. The highest BCUT2D eigenvalue weighted by Crippen LogP contribution is 2.40. The maximum atomic E-state index is 11.9. The Morgan fingerprint density at radius 3 is 2.32 bits per heavy atom. The largest absolute Gasteiger partial charge is 0.470 e. The Bertz CT molecular complexity index is 514. The Kier molecular flexibility index (Phi) is 7.68. The first-order valence-electron chi connectivity index (χ1n) is 8.34. The van der Waals surface area contributed by atoms with Crippen LogP contribution in [0.3, 0.4) is 0 Å². The lowest BCUT2D eigenvalue weighted by Gasteiger charge is -2.40. The number of hydrogen-bond acceptors (Lipinski definition) is 5. The van der Waals surface area contributed by atoms with E-state index in [0.29, 0.717) is 6.61 Å². The van der Waals surface area contributed by atoms with Crippen LogP contribution in [0.25, 0.3) is 0 Å². The quantitative estimate of drug-likeness (QED) is 0.341. The van der Waals surface area contributed by atoms with E-state index in [9.17, 15) is 4.79 Å². The molecule has 9 heteroatoms. The normalized spacial score (nSPS) is 23.0. The molecule has 0 spiro atoms. The summed E-state index contributed by atoms with van der Waals surface area (Å²) < 4.78 is 15.4. The fraction of sp³-hybridized carbons (Fsp3) is 0.875. The molecule has 0 bridgehead atoms. The van der Waals surface area contributed by atoms with Gasteiger partial charge in [-0.1, -0.05) is 55.6 Å². The molecule has 5 nitrogen and oxygen atoms in total. The summed E-state index contributed by atoms with van der Waals surface area (Å²) in [6, 6.07) is -0.510. The number of hydrogen-bond donors (Lipinski definition) is 0. The average Bonchev–Trinajstić information content (AvgIpc) is 2.80. The van der Waals surface area contributed by atoms with Crippen molar-refractivity contribution < 1.29 is 18.7 Å². The highest BCUT2D eigenvalue weighted by atomic mass is 35.6. The first-order chi connectivity index (χ1) is 11.2. The van der Waals surface area contributed by atoms with Crippen LogP contribution in [-0.4, -0.2) is 48.8 Å². The van der Waals surface area contributed by atoms with E-state index in [1.165, 1.54) is 0 Å². The van der Waals surface area contributed by atoms with Gasteiger partial charge in [0.25, 0.3) is 3.79 Å². The summed E-state index contributed by atoms with van der Waals surface area (Å²) >= 11 is 17.7. The van der Waals surface area contributed by atoms with E-state index in [1.807, 2.05) is 6.92 Å². The molecule has 146 valence electrons. The second-order valence-corrected chi connectivity index (χ2v) is 14.7. The molecule has 1 heterocycles. The number of carbonyl (C=O) groups excluding carboxylic acids is 1. The lowest BCUT2D eigenvalue weighted by atomic mass is 10.0. The van der Waals surface area contributed by atoms with Crippen LogP contribution in [0.5, 0.6) is 0 Å². The van der Waals surface area contributed by atoms with Gasteiger partial charge in [-0.25, -0.2) is 4.99 Å². The number of rotatable bonds is 6. The lowest BCUT2D eigenvalue weighted by Crippen LogP contribution is -2.48. The molecule has 0 aromatic heterocycles. The zero-order valence-corrected chi connectivity index (χ0v) is 19.1. The number of carbonyl (C=O) groups is 1. The summed E-state index contributed by atoms with van der Waals surface area (Å²) in [6.07, 6.45) is -0.772. The molecule has 0 saturated heterocycles. The first-order valence-corrected chi connectivity index (χ1v) is 12.4. The molecule has 1 aliphatic rings. The fourth-order valence-corrected chi connectivity index (χ4v) is 3.97. The van der Waals surface area contributed by atoms with E-state index in [2.05, 4.69) is 38.9 Å². The van der Waals surface area contributed by atoms with Crippen LogP contribution in [0, 0.1) is 0 Å². The molecule has 0 N–H and O–H groups in total. The monoisotopic (exact) mass is 431 g/mol. The van der Waals surface area contributed by atoms with Crippen molar-refractivity contribution in [3.8, 4) is 0 Å². The highest BCUT2D eigenvalue weighted by Gasteiger charge is 2.47. The molecular formula is C16H28Cl3NO4Si. The molecule has 1 unspecified atom stereocenters. The Morgan fingerprint density at radius 2 is 1.88 bits per heavy atom. The number of ether oxygens (including phenoxy) is 2. The number of halogens is 3. The van der Waals surface area contributed by atoms with Gasteiger partial charge in [0.1, 0.15) is 12.1 Å². The second kappa shape index (κ2) is 8.34. The van der Waals surface area contributed by atoms with Crippen molar-refractivity contribution in [3.63, 3.8) is 0 Å². The molecule has 0 aromatic carbocycles. The van der Waals surface area contributed by atoms with Crippen molar-refractivity contribution in [3.05, 3.63) is 0 Å². The number of alkyl halides is 3. The highest BCUT2D eigenvalue weighted by molar-refractivity contribution is 6.76. The predicted octanol–water partition coefficient (Wildman–Crippen LogP) is 4.89. The van der Waals surface area contributed by atoms with Crippen LogP contribution < -0.4 is 0 Å². The molecule has 1 rings (SSSR count). The van der Waals surface area contributed by atoms with Crippen LogP contribution >= 0.6 is 34.8 Å². The summed E-state index contributed by atoms with van der Waals surface area (Å²) in [5.41, 5.74) is 0. The van der Waals surface area contributed by atoms with Gasteiger partial charge in [0.2, 0.25) is 5.90 Å². The Hall–Kier alpha value is -0.0131. The number of nitrogens with zero attached hydrogens (tertiary/aromatic N) is 1. The minimum Gasteiger partial charge on any atom is -0.470 e.